The average molecular weight is 417 g/mol. The Bertz CT molecular complexity index is 845. The summed E-state index contributed by atoms with van der Waals surface area (Å²) < 4.78 is 1.92. The van der Waals surface area contributed by atoms with Gasteiger partial charge < -0.3 is 10.2 Å². The average Bonchev–Trinajstić information content (AvgIpc) is 3.14. The second-order valence-electron chi connectivity index (χ2n) is 7.44. The fourth-order valence-corrected chi connectivity index (χ4v) is 4.09. The molecule has 156 valence electrons. The maximum Gasteiger partial charge on any atom is 0.234 e. The molecule has 0 bridgehead atoms. The molecule has 0 spiro atoms. The zero-order chi connectivity index (χ0) is 20.8. The van der Waals surface area contributed by atoms with E-state index in [2.05, 4.69) is 20.4 Å². The molecule has 9 heteroatoms. The summed E-state index contributed by atoms with van der Waals surface area (Å²) >= 11 is 1.40. The molecule has 1 fully saturated rings. The van der Waals surface area contributed by atoms with Gasteiger partial charge in [-0.05, 0) is 32.4 Å². The number of nitrogens with one attached hydrogen (secondary N) is 1. The molecule has 0 saturated carbocycles. The number of nitrogens with zero attached hydrogens (tertiary/aromatic N) is 5. The Labute approximate surface area is 175 Å². The number of carbonyl (C=O) groups excluding carboxylic acids is 2. The minimum absolute atomic E-state index is 0.0332. The highest BCUT2D eigenvalue weighted by atomic mass is 32.2. The summed E-state index contributed by atoms with van der Waals surface area (Å²) in [5, 5.41) is 11.8. The number of carbonyl (C=O) groups is 2. The second kappa shape index (κ2) is 9.89. The van der Waals surface area contributed by atoms with Crippen molar-refractivity contribution in [1.29, 1.82) is 0 Å². The lowest BCUT2D eigenvalue weighted by Crippen LogP contribution is -2.52. The van der Waals surface area contributed by atoms with Crippen LogP contribution < -0.4 is 5.32 Å². The van der Waals surface area contributed by atoms with Gasteiger partial charge in [0.15, 0.2) is 5.16 Å². The number of rotatable bonds is 7. The van der Waals surface area contributed by atoms with Crippen LogP contribution in [0.4, 0.5) is 0 Å². The van der Waals surface area contributed by atoms with Crippen LogP contribution in [0.5, 0.6) is 0 Å². The standard InChI is InChI=1S/C20H28N6O2S/c1-15(2)22-18(27)12-24-8-10-25(11-9-24)19(28)13-29-20-23-21-14-26(20)17-7-5-4-6-16(17)3/h4-7,14-15H,8-13H2,1-3H3,(H,22,27). The van der Waals surface area contributed by atoms with E-state index in [0.717, 1.165) is 11.3 Å². The van der Waals surface area contributed by atoms with Crippen LogP contribution in [0.15, 0.2) is 35.7 Å². The summed E-state index contributed by atoms with van der Waals surface area (Å²) in [6, 6.07) is 8.16. The van der Waals surface area contributed by atoms with Crippen molar-refractivity contribution in [2.24, 2.45) is 0 Å². The van der Waals surface area contributed by atoms with Crippen LogP contribution in [0.3, 0.4) is 0 Å². The van der Waals surface area contributed by atoms with Gasteiger partial charge in [-0.15, -0.1) is 10.2 Å². The van der Waals surface area contributed by atoms with Crippen LogP contribution in [-0.4, -0.2) is 80.9 Å². The minimum atomic E-state index is 0.0332. The fourth-order valence-electron chi connectivity index (χ4n) is 3.27. The first-order valence-electron chi connectivity index (χ1n) is 9.82. The Hall–Kier alpha value is -2.39. The van der Waals surface area contributed by atoms with E-state index >= 15 is 0 Å². The van der Waals surface area contributed by atoms with Gasteiger partial charge >= 0.3 is 0 Å². The third kappa shape index (κ3) is 5.80. The molecule has 2 aromatic rings. The summed E-state index contributed by atoms with van der Waals surface area (Å²) in [6.07, 6.45) is 1.68. The molecular weight excluding hydrogens is 388 g/mol. The molecule has 0 atom stereocenters. The monoisotopic (exact) mass is 416 g/mol. The van der Waals surface area contributed by atoms with E-state index in [0.29, 0.717) is 43.6 Å². The van der Waals surface area contributed by atoms with E-state index in [-0.39, 0.29) is 17.9 Å². The molecular formula is C20H28N6O2S. The van der Waals surface area contributed by atoms with E-state index in [9.17, 15) is 9.59 Å². The van der Waals surface area contributed by atoms with Gasteiger partial charge in [0.2, 0.25) is 11.8 Å². The number of piperazine rings is 1. The quantitative estimate of drug-likeness (QED) is 0.686. The number of hydrogen-bond donors (Lipinski definition) is 1. The highest BCUT2D eigenvalue weighted by Gasteiger charge is 2.23. The van der Waals surface area contributed by atoms with Gasteiger partial charge in [-0.25, -0.2) is 0 Å². The maximum absolute atomic E-state index is 12.6. The van der Waals surface area contributed by atoms with Crippen molar-refractivity contribution in [3.05, 3.63) is 36.2 Å². The number of hydrogen-bond acceptors (Lipinski definition) is 6. The molecule has 1 aliphatic rings. The van der Waals surface area contributed by atoms with E-state index in [1.54, 1.807) is 6.33 Å². The van der Waals surface area contributed by atoms with E-state index in [1.165, 1.54) is 11.8 Å². The van der Waals surface area contributed by atoms with Crippen molar-refractivity contribution in [3.8, 4) is 5.69 Å². The lowest BCUT2D eigenvalue weighted by Gasteiger charge is -2.34. The maximum atomic E-state index is 12.6. The fraction of sp³-hybridized carbons (Fsp3) is 0.500. The van der Waals surface area contributed by atoms with Crippen molar-refractivity contribution in [1.82, 2.24) is 29.9 Å². The predicted octanol–water partition coefficient (Wildman–Crippen LogP) is 1.34. The first-order chi connectivity index (χ1) is 13.9. The Morgan fingerprint density at radius 2 is 1.90 bits per heavy atom. The first-order valence-corrected chi connectivity index (χ1v) is 10.8. The molecule has 8 nitrogen and oxygen atoms in total. The topological polar surface area (TPSA) is 83.4 Å². The van der Waals surface area contributed by atoms with Crippen molar-refractivity contribution in [3.63, 3.8) is 0 Å². The summed E-state index contributed by atoms with van der Waals surface area (Å²) in [5.41, 5.74) is 2.14. The molecule has 3 rings (SSSR count). The van der Waals surface area contributed by atoms with Gasteiger partial charge in [0.05, 0.1) is 18.0 Å². The number of benzene rings is 1. The Morgan fingerprint density at radius 3 is 2.59 bits per heavy atom. The van der Waals surface area contributed by atoms with Crippen LogP contribution >= 0.6 is 11.8 Å². The normalized spacial score (nSPS) is 15.0. The van der Waals surface area contributed by atoms with Crippen molar-refractivity contribution >= 4 is 23.6 Å². The van der Waals surface area contributed by atoms with Crippen LogP contribution in [0.1, 0.15) is 19.4 Å². The van der Waals surface area contributed by atoms with Gasteiger partial charge in [-0.2, -0.15) is 0 Å². The van der Waals surface area contributed by atoms with Crippen LogP contribution in [0.25, 0.3) is 5.69 Å². The molecule has 1 aliphatic heterocycles. The van der Waals surface area contributed by atoms with Crippen molar-refractivity contribution in [2.45, 2.75) is 32.0 Å². The van der Waals surface area contributed by atoms with Crippen molar-refractivity contribution < 1.29 is 9.59 Å². The lowest BCUT2D eigenvalue weighted by molar-refractivity contribution is -0.130. The van der Waals surface area contributed by atoms with E-state index in [1.807, 2.05) is 54.5 Å². The number of para-hydroxylation sites is 1. The summed E-state index contributed by atoms with van der Waals surface area (Å²) in [4.78, 5) is 28.5. The number of aryl methyl sites for hydroxylation is 1. The highest BCUT2D eigenvalue weighted by Crippen LogP contribution is 2.22. The van der Waals surface area contributed by atoms with Gasteiger partial charge in [0.25, 0.3) is 0 Å². The number of aromatic nitrogens is 3. The highest BCUT2D eigenvalue weighted by molar-refractivity contribution is 7.99. The molecule has 1 N–H and O–H groups in total. The summed E-state index contributed by atoms with van der Waals surface area (Å²) in [6.45, 7) is 9.02. The Kier molecular flexibility index (Phi) is 7.27. The minimum Gasteiger partial charge on any atom is -0.353 e. The Balaban J connectivity index is 1.49. The third-order valence-corrected chi connectivity index (χ3v) is 5.69. The zero-order valence-corrected chi connectivity index (χ0v) is 18.0. The molecule has 1 aromatic heterocycles. The van der Waals surface area contributed by atoms with Gasteiger partial charge in [-0.1, -0.05) is 30.0 Å². The Morgan fingerprint density at radius 1 is 1.17 bits per heavy atom. The summed E-state index contributed by atoms with van der Waals surface area (Å²) in [7, 11) is 0. The lowest BCUT2D eigenvalue weighted by atomic mass is 10.2. The van der Waals surface area contributed by atoms with Crippen LogP contribution in [0, 0.1) is 6.92 Å². The molecule has 29 heavy (non-hydrogen) atoms. The molecule has 2 amide bonds. The molecule has 1 saturated heterocycles. The zero-order valence-electron chi connectivity index (χ0n) is 17.2. The summed E-state index contributed by atoms with van der Waals surface area (Å²) in [5.74, 6) is 0.435. The van der Waals surface area contributed by atoms with E-state index < -0.39 is 0 Å². The van der Waals surface area contributed by atoms with Crippen LogP contribution in [-0.2, 0) is 9.59 Å². The smallest absolute Gasteiger partial charge is 0.234 e. The van der Waals surface area contributed by atoms with Crippen molar-refractivity contribution in [2.75, 3.05) is 38.5 Å². The van der Waals surface area contributed by atoms with Gasteiger partial charge in [0.1, 0.15) is 6.33 Å². The molecule has 1 aromatic carbocycles. The van der Waals surface area contributed by atoms with Gasteiger partial charge in [0, 0.05) is 32.2 Å². The van der Waals surface area contributed by atoms with Gasteiger partial charge in [-0.3, -0.25) is 19.1 Å². The first kappa shape index (κ1) is 21.3. The largest absolute Gasteiger partial charge is 0.353 e. The number of amides is 2. The molecule has 0 aliphatic carbocycles. The molecule has 0 radical (unpaired) electrons. The SMILES string of the molecule is Cc1ccccc1-n1cnnc1SCC(=O)N1CCN(CC(=O)NC(C)C)CC1. The van der Waals surface area contributed by atoms with E-state index in [4.69, 9.17) is 0 Å². The predicted molar refractivity (Wildman–Crippen MR) is 113 cm³/mol. The second-order valence-corrected chi connectivity index (χ2v) is 8.38. The molecule has 0 unspecified atom stereocenters. The molecule has 2 heterocycles. The van der Waals surface area contributed by atoms with Crippen LogP contribution in [0.2, 0.25) is 0 Å². The number of thioether (sulfide) groups is 1. The third-order valence-electron chi connectivity index (χ3n) is 4.76.